The predicted octanol–water partition coefficient (Wildman–Crippen LogP) is 3.63. The summed E-state index contributed by atoms with van der Waals surface area (Å²) in [6, 6.07) is 10.1. The molecule has 0 fully saturated rings. The third kappa shape index (κ3) is 2.49. The van der Waals surface area contributed by atoms with Crippen LogP contribution in [0.1, 0.15) is 27.8 Å². The van der Waals surface area contributed by atoms with Crippen molar-refractivity contribution in [2.75, 3.05) is 0 Å². The summed E-state index contributed by atoms with van der Waals surface area (Å²) in [6.45, 7) is 8.88. The fourth-order valence-corrected chi connectivity index (χ4v) is 3.03. The summed E-state index contributed by atoms with van der Waals surface area (Å²) in [7, 11) is 0. The third-order valence-corrected chi connectivity index (χ3v) is 4.34. The average molecular weight is 291 g/mol. The highest BCUT2D eigenvalue weighted by molar-refractivity contribution is 6.68. The Morgan fingerprint density at radius 1 is 1.09 bits per heavy atom. The second kappa shape index (κ2) is 5.51. The van der Waals surface area contributed by atoms with Gasteiger partial charge in [-0.25, -0.2) is 0 Å². The van der Waals surface area contributed by atoms with Crippen LogP contribution in [0.2, 0.25) is 6.82 Å². The lowest BCUT2D eigenvalue weighted by molar-refractivity contribution is 0.333. The van der Waals surface area contributed by atoms with Gasteiger partial charge in [-0.1, -0.05) is 6.82 Å². The minimum Gasteiger partial charge on any atom is -0.457 e. The monoisotopic (exact) mass is 291 g/mol. The SMILES string of the molecule is CB1OCc2cc(Oc3cc(C)c(C)c(C#N)c3)cc(C)c21. The molecule has 0 N–H and O–H groups in total. The van der Waals surface area contributed by atoms with Crippen molar-refractivity contribution >= 4 is 12.4 Å². The molecule has 2 aromatic rings. The van der Waals surface area contributed by atoms with Crippen LogP contribution >= 0.6 is 0 Å². The number of ether oxygens (including phenoxy) is 1. The van der Waals surface area contributed by atoms with Gasteiger partial charge in [-0.15, -0.1) is 0 Å². The number of hydrogen-bond acceptors (Lipinski definition) is 3. The fraction of sp³-hybridized carbons (Fsp3) is 0.278. The summed E-state index contributed by atoms with van der Waals surface area (Å²) in [6.07, 6.45) is 0. The number of aryl methyl sites for hydroxylation is 2. The normalized spacial score (nSPS) is 13.0. The van der Waals surface area contributed by atoms with E-state index in [1.165, 1.54) is 16.6 Å². The van der Waals surface area contributed by atoms with Crippen molar-refractivity contribution in [3.05, 3.63) is 52.1 Å². The molecular weight excluding hydrogens is 273 g/mol. The van der Waals surface area contributed by atoms with Gasteiger partial charge in [-0.05, 0) is 72.8 Å². The van der Waals surface area contributed by atoms with Gasteiger partial charge in [0, 0.05) is 0 Å². The molecule has 3 rings (SSSR count). The van der Waals surface area contributed by atoms with E-state index in [-0.39, 0.29) is 6.92 Å². The van der Waals surface area contributed by atoms with Crippen molar-refractivity contribution in [2.45, 2.75) is 34.2 Å². The Labute approximate surface area is 131 Å². The van der Waals surface area contributed by atoms with Crippen LogP contribution < -0.4 is 10.2 Å². The lowest BCUT2D eigenvalue weighted by Crippen LogP contribution is -2.26. The molecule has 1 aliphatic rings. The van der Waals surface area contributed by atoms with Crippen LogP contribution in [0.3, 0.4) is 0 Å². The van der Waals surface area contributed by atoms with Crippen molar-refractivity contribution in [1.29, 1.82) is 5.26 Å². The number of fused-ring (bicyclic) bond motifs is 1. The molecule has 4 heteroatoms. The molecule has 0 aromatic heterocycles. The van der Waals surface area contributed by atoms with Crippen LogP contribution in [-0.4, -0.2) is 6.92 Å². The second-order valence-electron chi connectivity index (χ2n) is 5.89. The summed E-state index contributed by atoms with van der Waals surface area (Å²) < 4.78 is 11.7. The van der Waals surface area contributed by atoms with E-state index >= 15 is 0 Å². The maximum Gasteiger partial charge on any atom is 0.324 e. The third-order valence-electron chi connectivity index (χ3n) is 4.34. The summed E-state index contributed by atoms with van der Waals surface area (Å²) in [5.74, 6) is 1.49. The van der Waals surface area contributed by atoms with E-state index < -0.39 is 0 Å². The zero-order valence-electron chi connectivity index (χ0n) is 13.4. The van der Waals surface area contributed by atoms with E-state index in [0.717, 1.165) is 16.9 Å². The number of hydrogen-bond donors (Lipinski definition) is 0. The van der Waals surface area contributed by atoms with E-state index in [4.69, 9.17) is 9.39 Å². The first-order valence-corrected chi connectivity index (χ1v) is 7.44. The molecule has 1 heterocycles. The Kier molecular flexibility index (Phi) is 3.68. The van der Waals surface area contributed by atoms with Crippen molar-refractivity contribution in [3.8, 4) is 17.6 Å². The van der Waals surface area contributed by atoms with Crippen LogP contribution in [0.15, 0.2) is 24.3 Å². The highest BCUT2D eigenvalue weighted by atomic mass is 16.5. The van der Waals surface area contributed by atoms with Crippen molar-refractivity contribution in [2.24, 2.45) is 0 Å². The summed E-state index contributed by atoms with van der Waals surface area (Å²) in [5.41, 5.74) is 6.36. The molecule has 2 aromatic carbocycles. The topological polar surface area (TPSA) is 42.2 Å². The quantitative estimate of drug-likeness (QED) is 0.793. The Bertz CT molecular complexity index is 793. The molecule has 0 saturated heterocycles. The molecule has 0 radical (unpaired) electrons. The van der Waals surface area contributed by atoms with Gasteiger partial charge in [0.1, 0.15) is 11.5 Å². The van der Waals surface area contributed by atoms with Crippen LogP contribution in [0, 0.1) is 32.1 Å². The smallest absolute Gasteiger partial charge is 0.324 e. The molecule has 0 unspecified atom stereocenters. The summed E-state index contributed by atoms with van der Waals surface area (Å²) in [5, 5.41) is 9.21. The lowest BCUT2D eigenvalue weighted by atomic mass is 9.62. The van der Waals surface area contributed by atoms with Gasteiger partial charge in [0.25, 0.3) is 0 Å². The van der Waals surface area contributed by atoms with E-state index in [2.05, 4.69) is 19.8 Å². The van der Waals surface area contributed by atoms with Crippen LogP contribution in [0.5, 0.6) is 11.5 Å². The first-order valence-electron chi connectivity index (χ1n) is 7.44. The molecule has 0 aliphatic carbocycles. The molecule has 110 valence electrons. The molecule has 22 heavy (non-hydrogen) atoms. The predicted molar refractivity (Wildman–Crippen MR) is 87.9 cm³/mol. The summed E-state index contributed by atoms with van der Waals surface area (Å²) in [4.78, 5) is 0. The molecule has 0 amide bonds. The highest BCUT2D eigenvalue weighted by Crippen LogP contribution is 2.28. The molecule has 0 bridgehead atoms. The first-order chi connectivity index (χ1) is 10.5. The number of nitrogens with zero attached hydrogens (tertiary/aromatic N) is 1. The standard InChI is InChI=1S/C18H18BNO2/c1-11-5-16(7-14(9-20)13(11)3)22-17-6-12(2)18-15(8-17)10-21-19(18)4/h5-8H,10H2,1-4H3. The maximum atomic E-state index is 9.21. The molecule has 0 spiro atoms. The largest absolute Gasteiger partial charge is 0.457 e. The van der Waals surface area contributed by atoms with Gasteiger partial charge in [-0.2, -0.15) is 5.26 Å². The van der Waals surface area contributed by atoms with E-state index in [1.807, 2.05) is 32.0 Å². The summed E-state index contributed by atoms with van der Waals surface area (Å²) >= 11 is 0. The van der Waals surface area contributed by atoms with E-state index in [0.29, 0.717) is 17.9 Å². The molecule has 0 atom stereocenters. The first kappa shape index (κ1) is 14.7. The zero-order valence-corrected chi connectivity index (χ0v) is 13.4. The molecule has 3 nitrogen and oxygen atoms in total. The maximum absolute atomic E-state index is 9.21. The van der Waals surface area contributed by atoms with Gasteiger partial charge < -0.3 is 9.39 Å². The highest BCUT2D eigenvalue weighted by Gasteiger charge is 2.26. The van der Waals surface area contributed by atoms with Crippen LogP contribution in [-0.2, 0) is 11.3 Å². The van der Waals surface area contributed by atoms with E-state index in [9.17, 15) is 5.26 Å². The van der Waals surface area contributed by atoms with Gasteiger partial charge in [0.15, 0.2) is 0 Å². The van der Waals surface area contributed by atoms with Crippen molar-refractivity contribution in [1.82, 2.24) is 0 Å². The number of nitriles is 1. The van der Waals surface area contributed by atoms with Crippen molar-refractivity contribution < 1.29 is 9.39 Å². The molecule has 0 saturated carbocycles. The minimum atomic E-state index is 0.149. The van der Waals surface area contributed by atoms with Gasteiger partial charge in [0.05, 0.1) is 18.2 Å². The van der Waals surface area contributed by atoms with Gasteiger partial charge in [-0.3, -0.25) is 0 Å². The minimum absolute atomic E-state index is 0.149. The zero-order chi connectivity index (χ0) is 15.9. The Balaban J connectivity index is 1.97. The van der Waals surface area contributed by atoms with Crippen LogP contribution in [0.25, 0.3) is 0 Å². The van der Waals surface area contributed by atoms with Gasteiger partial charge >= 0.3 is 6.92 Å². The van der Waals surface area contributed by atoms with E-state index in [1.54, 1.807) is 6.07 Å². The second-order valence-corrected chi connectivity index (χ2v) is 5.89. The fourth-order valence-electron chi connectivity index (χ4n) is 3.03. The van der Waals surface area contributed by atoms with Crippen molar-refractivity contribution in [3.63, 3.8) is 0 Å². The number of benzene rings is 2. The Morgan fingerprint density at radius 3 is 2.50 bits per heavy atom. The van der Waals surface area contributed by atoms with Gasteiger partial charge in [0.2, 0.25) is 0 Å². The molecule has 1 aliphatic heterocycles. The van der Waals surface area contributed by atoms with Crippen LogP contribution in [0.4, 0.5) is 0 Å². The lowest BCUT2D eigenvalue weighted by Gasteiger charge is -2.12. The Morgan fingerprint density at radius 2 is 1.77 bits per heavy atom. The Hall–Kier alpha value is -2.25. The average Bonchev–Trinajstić information content (AvgIpc) is 2.84. The number of rotatable bonds is 2. The molecular formula is C18H18BNO2.